The van der Waals surface area contributed by atoms with Gasteiger partial charge in [-0.15, -0.1) is 0 Å². The maximum Gasteiger partial charge on any atom is 0.338 e. The van der Waals surface area contributed by atoms with E-state index in [4.69, 9.17) is 4.74 Å². The minimum absolute atomic E-state index is 0.0220. The van der Waals surface area contributed by atoms with Gasteiger partial charge in [0.1, 0.15) is 11.3 Å². The number of imidazole rings is 1. The predicted molar refractivity (Wildman–Crippen MR) is 97.6 cm³/mol. The number of carbonyl (C=O) groups is 1. The van der Waals surface area contributed by atoms with Crippen LogP contribution < -0.4 is 10.4 Å². The van der Waals surface area contributed by atoms with Crippen LogP contribution in [0.2, 0.25) is 0 Å². The number of ether oxygens (including phenoxy) is 1. The number of nitrogens with zero attached hydrogens (tertiary/aromatic N) is 5. The van der Waals surface area contributed by atoms with E-state index in [1.54, 1.807) is 33.3 Å². The Bertz CT molecular complexity index is 1040. The van der Waals surface area contributed by atoms with Gasteiger partial charge in [-0.1, -0.05) is 19.1 Å². The molecule has 0 aliphatic rings. The van der Waals surface area contributed by atoms with Gasteiger partial charge in [0.15, 0.2) is 5.65 Å². The second-order valence-corrected chi connectivity index (χ2v) is 6.48. The molecule has 0 bridgehead atoms. The number of amides is 1. The molecular formula is C18H20FN5O3. The first kappa shape index (κ1) is 18.6. The zero-order chi connectivity index (χ0) is 19.7. The molecule has 3 rings (SSSR count). The van der Waals surface area contributed by atoms with Crippen LogP contribution in [0.4, 0.5) is 9.18 Å². The summed E-state index contributed by atoms with van der Waals surface area (Å²) in [5, 5.41) is 0. The Morgan fingerprint density at radius 3 is 2.59 bits per heavy atom. The topological polar surface area (TPSA) is 82.2 Å². The summed E-state index contributed by atoms with van der Waals surface area (Å²) in [6.45, 7) is 2.19. The largest absolute Gasteiger partial charge is 0.463 e. The molecule has 8 nitrogen and oxygen atoms in total. The SMILES string of the molecule is CC(COc1ncc2c(n1)n(C(=O)N(C)C)c(=O)n2C)c1ccc(F)cc1. The lowest BCUT2D eigenvalue weighted by Gasteiger charge is -2.13. The van der Waals surface area contributed by atoms with Gasteiger partial charge < -0.3 is 9.64 Å². The van der Waals surface area contributed by atoms with E-state index < -0.39 is 11.7 Å². The van der Waals surface area contributed by atoms with Crippen molar-refractivity contribution in [1.82, 2.24) is 24.0 Å². The third kappa shape index (κ3) is 3.53. The predicted octanol–water partition coefficient (Wildman–Crippen LogP) is 1.98. The fraction of sp³-hybridized carbons (Fsp3) is 0.333. The van der Waals surface area contributed by atoms with Crippen molar-refractivity contribution < 1.29 is 13.9 Å². The number of carbonyl (C=O) groups excluding carboxylic acids is 1. The molecule has 1 amide bonds. The maximum atomic E-state index is 13.0. The number of benzene rings is 1. The molecule has 0 saturated heterocycles. The molecule has 0 N–H and O–H groups in total. The van der Waals surface area contributed by atoms with Gasteiger partial charge in [-0.3, -0.25) is 4.57 Å². The van der Waals surface area contributed by atoms with Crippen LogP contribution in [-0.4, -0.2) is 50.7 Å². The Labute approximate surface area is 154 Å². The van der Waals surface area contributed by atoms with E-state index in [0.717, 1.165) is 10.1 Å². The molecule has 0 aliphatic carbocycles. The van der Waals surface area contributed by atoms with Gasteiger partial charge in [0.2, 0.25) is 0 Å². The fourth-order valence-corrected chi connectivity index (χ4v) is 2.62. The number of rotatable bonds is 4. The normalized spacial score (nSPS) is 12.2. The molecule has 2 heterocycles. The Balaban J connectivity index is 1.88. The van der Waals surface area contributed by atoms with Crippen LogP contribution in [0.5, 0.6) is 6.01 Å². The van der Waals surface area contributed by atoms with Gasteiger partial charge >= 0.3 is 17.7 Å². The molecule has 2 aromatic heterocycles. The number of halogens is 1. The summed E-state index contributed by atoms with van der Waals surface area (Å²) < 4.78 is 21.0. The first-order valence-electron chi connectivity index (χ1n) is 8.34. The van der Waals surface area contributed by atoms with E-state index in [-0.39, 0.29) is 30.0 Å². The van der Waals surface area contributed by atoms with Crippen LogP contribution in [0.1, 0.15) is 18.4 Å². The number of hydrogen-bond donors (Lipinski definition) is 0. The molecule has 9 heteroatoms. The highest BCUT2D eigenvalue weighted by Gasteiger charge is 2.20. The average molecular weight is 373 g/mol. The smallest absolute Gasteiger partial charge is 0.338 e. The van der Waals surface area contributed by atoms with Gasteiger partial charge in [0.25, 0.3) is 0 Å². The van der Waals surface area contributed by atoms with E-state index in [1.807, 2.05) is 6.92 Å². The van der Waals surface area contributed by atoms with E-state index in [1.165, 1.54) is 27.8 Å². The summed E-state index contributed by atoms with van der Waals surface area (Å²) in [6, 6.07) is 5.72. The second-order valence-electron chi connectivity index (χ2n) is 6.48. The summed E-state index contributed by atoms with van der Waals surface area (Å²) in [5.74, 6) is -0.320. The van der Waals surface area contributed by atoms with Crippen molar-refractivity contribution in [3.63, 3.8) is 0 Å². The quantitative estimate of drug-likeness (QED) is 0.698. The van der Waals surface area contributed by atoms with Gasteiger partial charge in [-0.25, -0.2) is 19.0 Å². The molecule has 0 saturated carbocycles. The lowest BCUT2D eigenvalue weighted by Crippen LogP contribution is -2.35. The molecule has 0 spiro atoms. The van der Waals surface area contributed by atoms with E-state index in [9.17, 15) is 14.0 Å². The van der Waals surface area contributed by atoms with E-state index in [0.29, 0.717) is 5.52 Å². The monoisotopic (exact) mass is 373 g/mol. The van der Waals surface area contributed by atoms with Crippen LogP contribution in [-0.2, 0) is 7.05 Å². The van der Waals surface area contributed by atoms with Crippen molar-refractivity contribution in [2.75, 3.05) is 20.7 Å². The Morgan fingerprint density at radius 1 is 1.30 bits per heavy atom. The van der Waals surface area contributed by atoms with Gasteiger partial charge in [0.05, 0.1) is 12.8 Å². The van der Waals surface area contributed by atoms with E-state index in [2.05, 4.69) is 9.97 Å². The zero-order valence-corrected chi connectivity index (χ0v) is 15.5. The zero-order valence-electron chi connectivity index (χ0n) is 15.5. The van der Waals surface area contributed by atoms with Gasteiger partial charge in [0, 0.05) is 27.1 Å². The molecular weight excluding hydrogens is 353 g/mol. The lowest BCUT2D eigenvalue weighted by atomic mass is 10.0. The standard InChI is InChI=1S/C18H20FN5O3/c1-11(12-5-7-13(19)8-6-12)10-27-16-20-9-14-15(21-16)24(17(25)22(2)3)18(26)23(14)4/h5-9,11H,10H2,1-4H3. The Kier molecular flexibility index (Phi) is 4.93. The summed E-state index contributed by atoms with van der Waals surface area (Å²) >= 11 is 0. The molecule has 27 heavy (non-hydrogen) atoms. The number of aromatic nitrogens is 4. The van der Waals surface area contributed by atoms with Crippen LogP contribution in [0, 0.1) is 5.82 Å². The number of fused-ring (bicyclic) bond motifs is 1. The second kappa shape index (κ2) is 7.18. The van der Waals surface area contributed by atoms with Crippen molar-refractivity contribution >= 4 is 17.2 Å². The first-order valence-corrected chi connectivity index (χ1v) is 8.34. The van der Waals surface area contributed by atoms with Crippen LogP contribution in [0.3, 0.4) is 0 Å². The minimum Gasteiger partial charge on any atom is -0.463 e. The summed E-state index contributed by atoms with van der Waals surface area (Å²) in [4.78, 5) is 34.3. The number of hydrogen-bond acceptors (Lipinski definition) is 5. The van der Waals surface area contributed by atoms with E-state index >= 15 is 0 Å². The highest BCUT2D eigenvalue weighted by atomic mass is 19.1. The van der Waals surface area contributed by atoms with Gasteiger partial charge in [-0.2, -0.15) is 9.55 Å². The summed E-state index contributed by atoms with van der Waals surface area (Å²) in [5.41, 5.74) is 1.02. The van der Waals surface area contributed by atoms with Crippen molar-refractivity contribution in [3.05, 3.63) is 52.3 Å². The molecule has 1 aromatic carbocycles. The molecule has 0 fully saturated rings. The van der Waals surface area contributed by atoms with Crippen molar-refractivity contribution in [3.8, 4) is 6.01 Å². The molecule has 3 aromatic rings. The Morgan fingerprint density at radius 2 is 1.96 bits per heavy atom. The molecule has 1 atom stereocenters. The molecule has 0 aliphatic heterocycles. The fourth-order valence-electron chi connectivity index (χ4n) is 2.62. The lowest BCUT2D eigenvalue weighted by molar-refractivity contribution is 0.219. The van der Waals surface area contributed by atoms with Crippen molar-refractivity contribution in [2.45, 2.75) is 12.8 Å². The van der Waals surface area contributed by atoms with Crippen LogP contribution >= 0.6 is 0 Å². The minimum atomic E-state index is -0.505. The van der Waals surface area contributed by atoms with Crippen molar-refractivity contribution in [2.24, 2.45) is 7.05 Å². The average Bonchev–Trinajstić information content (AvgIpc) is 2.90. The third-order valence-corrected chi connectivity index (χ3v) is 4.25. The summed E-state index contributed by atoms with van der Waals surface area (Å²) in [7, 11) is 4.65. The highest BCUT2D eigenvalue weighted by Crippen LogP contribution is 2.18. The highest BCUT2D eigenvalue weighted by molar-refractivity contribution is 5.86. The van der Waals surface area contributed by atoms with Crippen LogP contribution in [0.25, 0.3) is 11.2 Å². The molecule has 0 radical (unpaired) electrons. The van der Waals surface area contributed by atoms with Crippen molar-refractivity contribution in [1.29, 1.82) is 0 Å². The van der Waals surface area contributed by atoms with Gasteiger partial charge in [-0.05, 0) is 17.7 Å². The first-order chi connectivity index (χ1) is 12.8. The van der Waals surface area contributed by atoms with Crippen LogP contribution in [0.15, 0.2) is 35.3 Å². The summed E-state index contributed by atoms with van der Waals surface area (Å²) in [6.07, 6.45) is 1.45. The molecule has 1 unspecified atom stereocenters. The third-order valence-electron chi connectivity index (χ3n) is 4.25. The maximum absolute atomic E-state index is 13.0. The molecule has 142 valence electrons. The Hall–Kier alpha value is -3.23. The number of aryl methyl sites for hydroxylation is 1.